The molecular formula is C14H17BrN4O2. The van der Waals surface area contributed by atoms with E-state index in [9.17, 15) is 4.79 Å². The summed E-state index contributed by atoms with van der Waals surface area (Å²) in [5.74, 6) is 0.756. The van der Waals surface area contributed by atoms with Crippen molar-refractivity contribution in [3.05, 3.63) is 41.1 Å². The van der Waals surface area contributed by atoms with Gasteiger partial charge in [0.1, 0.15) is 5.75 Å². The van der Waals surface area contributed by atoms with Crippen LogP contribution in [0.2, 0.25) is 0 Å². The van der Waals surface area contributed by atoms with Crippen LogP contribution in [0.3, 0.4) is 0 Å². The topological polar surface area (TPSA) is 68.2 Å². The van der Waals surface area contributed by atoms with Crippen LogP contribution in [0, 0.1) is 0 Å². The van der Waals surface area contributed by atoms with Crippen LogP contribution in [0.15, 0.2) is 41.1 Å². The lowest BCUT2D eigenvalue weighted by molar-refractivity contribution is 0.251. The zero-order chi connectivity index (χ0) is 15.1. The zero-order valence-corrected chi connectivity index (χ0v) is 13.3. The summed E-state index contributed by atoms with van der Waals surface area (Å²) in [5.41, 5.74) is 0.726. The van der Waals surface area contributed by atoms with Crippen LogP contribution in [-0.4, -0.2) is 29.5 Å². The van der Waals surface area contributed by atoms with Gasteiger partial charge >= 0.3 is 6.03 Å². The SMILES string of the molecule is COc1ccc(NC(=O)NCCCn2cc(Br)cn2)cc1. The summed E-state index contributed by atoms with van der Waals surface area (Å²) in [6.07, 6.45) is 4.45. The van der Waals surface area contributed by atoms with Crippen molar-refractivity contribution in [1.82, 2.24) is 15.1 Å². The molecule has 0 atom stereocenters. The minimum absolute atomic E-state index is 0.221. The second kappa shape index (κ2) is 7.68. The van der Waals surface area contributed by atoms with Gasteiger partial charge in [-0.3, -0.25) is 4.68 Å². The van der Waals surface area contributed by atoms with Crippen LogP contribution >= 0.6 is 15.9 Å². The van der Waals surface area contributed by atoms with E-state index in [0.29, 0.717) is 6.54 Å². The Morgan fingerprint density at radius 1 is 1.38 bits per heavy atom. The van der Waals surface area contributed by atoms with Gasteiger partial charge in [0.2, 0.25) is 0 Å². The second-order valence-electron chi connectivity index (χ2n) is 4.38. The fraction of sp³-hybridized carbons (Fsp3) is 0.286. The summed E-state index contributed by atoms with van der Waals surface area (Å²) < 4.78 is 7.84. The van der Waals surface area contributed by atoms with E-state index in [2.05, 4.69) is 31.7 Å². The maximum Gasteiger partial charge on any atom is 0.319 e. The Morgan fingerprint density at radius 3 is 2.76 bits per heavy atom. The Morgan fingerprint density at radius 2 is 2.14 bits per heavy atom. The van der Waals surface area contributed by atoms with Crippen LogP contribution in [-0.2, 0) is 6.54 Å². The van der Waals surface area contributed by atoms with Crippen molar-refractivity contribution in [2.75, 3.05) is 19.0 Å². The molecule has 6 nitrogen and oxygen atoms in total. The maximum absolute atomic E-state index is 11.7. The molecule has 0 radical (unpaired) electrons. The third-order valence-electron chi connectivity index (χ3n) is 2.80. The number of methoxy groups -OCH3 is 1. The molecule has 2 amide bonds. The molecule has 0 bridgehead atoms. The molecule has 21 heavy (non-hydrogen) atoms. The lowest BCUT2D eigenvalue weighted by Crippen LogP contribution is -2.30. The number of amides is 2. The van der Waals surface area contributed by atoms with Crippen molar-refractivity contribution in [3.8, 4) is 5.75 Å². The van der Waals surface area contributed by atoms with Gasteiger partial charge in [0.25, 0.3) is 0 Å². The molecule has 1 aromatic heterocycles. The summed E-state index contributed by atoms with van der Waals surface area (Å²) in [6, 6.07) is 6.96. The molecule has 2 N–H and O–H groups in total. The fourth-order valence-electron chi connectivity index (χ4n) is 1.75. The average Bonchev–Trinajstić information content (AvgIpc) is 2.90. The van der Waals surface area contributed by atoms with Crippen molar-refractivity contribution in [3.63, 3.8) is 0 Å². The van der Waals surface area contributed by atoms with Gasteiger partial charge in [0, 0.05) is 25.0 Å². The number of anilines is 1. The first-order valence-corrected chi connectivity index (χ1v) is 7.33. The number of nitrogens with one attached hydrogen (secondary N) is 2. The number of carbonyl (C=O) groups excluding carboxylic acids is 1. The number of halogens is 1. The predicted octanol–water partition coefficient (Wildman–Crippen LogP) is 2.87. The number of aryl methyl sites for hydroxylation is 1. The normalized spacial score (nSPS) is 10.2. The molecule has 1 heterocycles. The van der Waals surface area contributed by atoms with E-state index in [1.165, 1.54) is 0 Å². The molecule has 7 heteroatoms. The summed E-state index contributed by atoms with van der Waals surface area (Å²) in [5, 5.41) is 9.71. The van der Waals surface area contributed by atoms with Crippen molar-refractivity contribution >= 4 is 27.6 Å². The van der Waals surface area contributed by atoms with Crippen LogP contribution in [0.25, 0.3) is 0 Å². The summed E-state index contributed by atoms with van der Waals surface area (Å²) in [6.45, 7) is 1.34. The molecular weight excluding hydrogens is 336 g/mol. The van der Waals surface area contributed by atoms with Gasteiger partial charge in [-0.15, -0.1) is 0 Å². The number of hydrogen-bond donors (Lipinski definition) is 2. The first-order valence-electron chi connectivity index (χ1n) is 6.54. The molecule has 0 unspecified atom stereocenters. The highest BCUT2D eigenvalue weighted by Crippen LogP contribution is 2.14. The Balaban J connectivity index is 1.67. The van der Waals surface area contributed by atoms with E-state index in [4.69, 9.17) is 4.74 Å². The molecule has 0 saturated heterocycles. The Hall–Kier alpha value is -2.02. The van der Waals surface area contributed by atoms with E-state index < -0.39 is 0 Å². The first kappa shape index (κ1) is 15.4. The van der Waals surface area contributed by atoms with E-state index in [1.807, 2.05) is 10.9 Å². The number of aromatic nitrogens is 2. The lowest BCUT2D eigenvalue weighted by Gasteiger charge is -2.08. The largest absolute Gasteiger partial charge is 0.497 e. The fourth-order valence-corrected chi connectivity index (χ4v) is 2.08. The van der Waals surface area contributed by atoms with Crippen molar-refractivity contribution in [2.24, 2.45) is 0 Å². The molecule has 2 aromatic rings. The van der Waals surface area contributed by atoms with E-state index in [-0.39, 0.29) is 6.03 Å². The average molecular weight is 353 g/mol. The van der Waals surface area contributed by atoms with Gasteiger partial charge in [-0.05, 0) is 46.6 Å². The molecule has 0 spiro atoms. The van der Waals surface area contributed by atoms with Crippen LogP contribution in [0.1, 0.15) is 6.42 Å². The van der Waals surface area contributed by atoms with Gasteiger partial charge in [0.15, 0.2) is 0 Å². The van der Waals surface area contributed by atoms with Crippen LogP contribution < -0.4 is 15.4 Å². The van der Waals surface area contributed by atoms with Gasteiger partial charge in [-0.2, -0.15) is 5.10 Å². The molecule has 112 valence electrons. The number of hydrogen-bond acceptors (Lipinski definition) is 3. The van der Waals surface area contributed by atoms with Gasteiger partial charge in [-0.1, -0.05) is 0 Å². The minimum Gasteiger partial charge on any atom is -0.497 e. The molecule has 1 aromatic carbocycles. The summed E-state index contributed by atoms with van der Waals surface area (Å²) >= 11 is 3.34. The molecule has 0 aliphatic heterocycles. The highest BCUT2D eigenvalue weighted by Gasteiger charge is 2.01. The van der Waals surface area contributed by atoms with Crippen molar-refractivity contribution < 1.29 is 9.53 Å². The third kappa shape index (κ3) is 5.11. The van der Waals surface area contributed by atoms with Crippen molar-refractivity contribution in [1.29, 1.82) is 0 Å². The Labute approximate surface area is 131 Å². The second-order valence-corrected chi connectivity index (χ2v) is 5.30. The number of carbonyl (C=O) groups is 1. The van der Waals surface area contributed by atoms with Gasteiger partial charge in [0.05, 0.1) is 17.8 Å². The van der Waals surface area contributed by atoms with Gasteiger partial charge < -0.3 is 15.4 Å². The van der Waals surface area contributed by atoms with E-state index in [1.54, 1.807) is 37.6 Å². The standard InChI is InChI=1S/C14H17BrN4O2/c1-21-13-5-3-12(4-6-13)18-14(20)16-7-2-8-19-10-11(15)9-17-19/h3-6,9-10H,2,7-8H2,1H3,(H2,16,18,20). The molecule has 2 rings (SSSR count). The van der Waals surface area contributed by atoms with Crippen molar-refractivity contribution in [2.45, 2.75) is 13.0 Å². The number of nitrogens with zero attached hydrogens (tertiary/aromatic N) is 2. The third-order valence-corrected chi connectivity index (χ3v) is 3.21. The lowest BCUT2D eigenvalue weighted by atomic mass is 10.3. The summed E-state index contributed by atoms with van der Waals surface area (Å²) in [4.78, 5) is 11.7. The monoisotopic (exact) mass is 352 g/mol. The molecule has 0 saturated carbocycles. The number of benzene rings is 1. The smallest absolute Gasteiger partial charge is 0.319 e. The maximum atomic E-state index is 11.7. The van der Waals surface area contributed by atoms with Crippen LogP contribution in [0.4, 0.5) is 10.5 Å². The molecule has 0 fully saturated rings. The number of rotatable bonds is 6. The quantitative estimate of drug-likeness (QED) is 0.785. The Kier molecular flexibility index (Phi) is 5.62. The number of urea groups is 1. The minimum atomic E-state index is -0.221. The van der Waals surface area contributed by atoms with Gasteiger partial charge in [-0.25, -0.2) is 4.79 Å². The molecule has 0 aliphatic rings. The predicted molar refractivity (Wildman–Crippen MR) is 84.6 cm³/mol. The van der Waals surface area contributed by atoms with Crippen LogP contribution in [0.5, 0.6) is 5.75 Å². The highest BCUT2D eigenvalue weighted by molar-refractivity contribution is 9.10. The first-order chi connectivity index (χ1) is 10.2. The summed E-state index contributed by atoms with van der Waals surface area (Å²) in [7, 11) is 1.60. The number of ether oxygens (including phenoxy) is 1. The Bertz CT molecular complexity index is 583. The highest BCUT2D eigenvalue weighted by atomic mass is 79.9. The van der Waals surface area contributed by atoms with E-state index in [0.717, 1.165) is 28.9 Å². The molecule has 0 aliphatic carbocycles. The zero-order valence-electron chi connectivity index (χ0n) is 11.7. The van der Waals surface area contributed by atoms with E-state index >= 15 is 0 Å².